The Balaban J connectivity index is 2.13. The van der Waals surface area contributed by atoms with Gasteiger partial charge in [0.25, 0.3) is 0 Å². The Kier molecular flexibility index (Phi) is 5.20. The molecule has 1 aromatic heterocycles. The molecular formula is C23H25BF2I2N2. The third-order valence-corrected chi connectivity index (χ3v) is 9.52. The maximum atomic E-state index is 16.0. The zero-order chi connectivity index (χ0) is 22.3. The molecule has 2 aliphatic rings. The van der Waals surface area contributed by atoms with E-state index in [1.54, 1.807) is 13.8 Å². The molecule has 0 unspecified atom stereocenters. The molecule has 3 heterocycles. The molecule has 4 rings (SSSR count). The van der Waals surface area contributed by atoms with Gasteiger partial charge in [0, 0.05) is 21.8 Å². The van der Waals surface area contributed by atoms with Crippen LogP contribution in [0.5, 0.6) is 0 Å². The Morgan fingerprint density at radius 3 is 2.07 bits per heavy atom. The fourth-order valence-corrected chi connectivity index (χ4v) is 5.72. The zero-order valence-electron chi connectivity index (χ0n) is 18.3. The monoisotopic (exact) mass is 632 g/mol. The van der Waals surface area contributed by atoms with Gasteiger partial charge in [0.15, 0.2) is 5.70 Å². The highest BCUT2D eigenvalue weighted by molar-refractivity contribution is 14.1. The van der Waals surface area contributed by atoms with Crippen molar-refractivity contribution in [1.82, 2.24) is 4.48 Å². The number of rotatable bonds is 1. The van der Waals surface area contributed by atoms with E-state index in [1.165, 1.54) is 14.5 Å². The largest absolute Gasteiger partial charge is 0.737 e. The first-order valence-electron chi connectivity index (χ1n) is 10.0. The molecule has 0 saturated carbocycles. The number of hydrogen-bond acceptors (Lipinski definition) is 0. The van der Waals surface area contributed by atoms with Crippen LogP contribution in [0.15, 0.2) is 39.1 Å². The van der Waals surface area contributed by atoms with Crippen molar-refractivity contribution in [3.63, 3.8) is 0 Å². The van der Waals surface area contributed by atoms with Gasteiger partial charge >= 0.3 is 6.97 Å². The average molecular weight is 632 g/mol. The number of aromatic nitrogens is 1. The van der Waals surface area contributed by atoms with Gasteiger partial charge in [-0.2, -0.15) is 0 Å². The summed E-state index contributed by atoms with van der Waals surface area (Å²) >= 11 is 4.41. The van der Waals surface area contributed by atoms with Crippen molar-refractivity contribution in [1.29, 1.82) is 0 Å². The van der Waals surface area contributed by atoms with E-state index in [4.69, 9.17) is 0 Å². The molecule has 0 spiro atoms. The van der Waals surface area contributed by atoms with Gasteiger partial charge in [-0.05, 0) is 93.8 Å². The molecule has 0 amide bonds. The van der Waals surface area contributed by atoms with E-state index in [0.29, 0.717) is 22.8 Å². The molecule has 7 heteroatoms. The van der Waals surface area contributed by atoms with E-state index in [2.05, 4.69) is 90.2 Å². The van der Waals surface area contributed by atoms with Crippen LogP contribution in [0.1, 0.15) is 62.7 Å². The van der Waals surface area contributed by atoms with Gasteiger partial charge in [0.1, 0.15) is 5.71 Å². The second kappa shape index (κ2) is 7.02. The first kappa shape index (κ1) is 22.2. The molecule has 2 aromatic rings. The maximum Gasteiger partial charge on any atom is 0.737 e. The van der Waals surface area contributed by atoms with Crippen molar-refractivity contribution in [3.8, 4) is 0 Å². The smallest absolute Gasteiger partial charge is 0.392 e. The summed E-state index contributed by atoms with van der Waals surface area (Å²) in [6.07, 6.45) is 0. The molecule has 2 aliphatic heterocycles. The molecular weight excluding hydrogens is 607 g/mol. The highest BCUT2D eigenvalue weighted by Crippen LogP contribution is 2.47. The van der Waals surface area contributed by atoms with Crippen LogP contribution < -0.4 is 0 Å². The lowest BCUT2D eigenvalue weighted by molar-refractivity contribution is -0.363. The van der Waals surface area contributed by atoms with Crippen molar-refractivity contribution in [3.05, 3.63) is 70.8 Å². The van der Waals surface area contributed by atoms with Gasteiger partial charge in [-0.25, -0.2) is 0 Å². The highest BCUT2D eigenvalue weighted by atomic mass is 127. The second-order valence-electron chi connectivity index (χ2n) is 9.28. The number of allylic oxidation sites excluding steroid dienone is 2. The molecule has 0 atom stereocenters. The van der Waals surface area contributed by atoms with Crippen molar-refractivity contribution < 1.29 is 13.1 Å². The molecule has 30 heavy (non-hydrogen) atoms. The Morgan fingerprint density at radius 2 is 1.53 bits per heavy atom. The molecule has 0 fully saturated rings. The van der Waals surface area contributed by atoms with E-state index in [9.17, 15) is 0 Å². The van der Waals surface area contributed by atoms with Crippen LogP contribution in [0.4, 0.5) is 8.63 Å². The molecule has 158 valence electrons. The first-order valence-corrected chi connectivity index (χ1v) is 12.2. The van der Waals surface area contributed by atoms with Crippen LogP contribution in [0.25, 0.3) is 5.57 Å². The Labute approximate surface area is 204 Å². The Bertz CT molecular complexity index is 1190. The summed E-state index contributed by atoms with van der Waals surface area (Å²) < 4.78 is 36.3. The molecule has 0 N–H and O–H groups in total. The third kappa shape index (κ3) is 2.93. The molecule has 2 nitrogen and oxygen atoms in total. The third-order valence-electron chi connectivity index (χ3n) is 6.34. The predicted octanol–water partition coefficient (Wildman–Crippen LogP) is 7.20. The normalized spacial score (nSPS) is 18.4. The van der Waals surface area contributed by atoms with E-state index in [0.717, 1.165) is 29.4 Å². The summed E-state index contributed by atoms with van der Waals surface area (Å²) in [7, 11) is 0. The summed E-state index contributed by atoms with van der Waals surface area (Å²) in [4.78, 5) is 0. The SMILES string of the molecule is CC1=C(I)C(C)=[N+]2C1=C(c1ccc(C(C)(C)C)cc1)c1c(C)c(I)c(C)n1[B-]2(F)F. The highest BCUT2D eigenvalue weighted by Gasteiger charge is 2.56. The summed E-state index contributed by atoms with van der Waals surface area (Å²) in [5.74, 6) is 0. The second-order valence-corrected chi connectivity index (χ2v) is 11.4. The van der Waals surface area contributed by atoms with Gasteiger partial charge in [0.05, 0.1) is 9.15 Å². The fraction of sp³-hybridized carbons (Fsp3) is 0.348. The van der Waals surface area contributed by atoms with Crippen molar-refractivity contribution in [2.24, 2.45) is 0 Å². The molecule has 0 bridgehead atoms. The van der Waals surface area contributed by atoms with Gasteiger partial charge in [-0.1, -0.05) is 45.0 Å². The lowest BCUT2D eigenvalue weighted by atomic mass is 9.82. The maximum absolute atomic E-state index is 16.0. The molecule has 0 aliphatic carbocycles. The quantitative estimate of drug-likeness (QED) is 0.232. The molecule has 0 saturated heterocycles. The number of fused-ring (bicyclic) bond motifs is 2. The Morgan fingerprint density at radius 1 is 0.967 bits per heavy atom. The van der Waals surface area contributed by atoms with Gasteiger partial charge in [0.2, 0.25) is 0 Å². The standard InChI is InChI=1S/C23H25BF2I2N2/c1-12-19(27)14(3)29-21(12)18(16-8-10-17(11-9-16)23(5,6)7)22-13(2)20(28)15(4)30(22)24(29,25)26/h8-11H,1-7H3. The van der Waals surface area contributed by atoms with Crippen LogP contribution in [-0.2, 0) is 5.41 Å². The number of halogens is 4. The summed E-state index contributed by atoms with van der Waals surface area (Å²) in [5.41, 5.74) is 7.54. The van der Waals surface area contributed by atoms with Crippen LogP contribution in [0.3, 0.4) is 0 Å². The molecule has 1 aromatic carbocycles. The van der Waals surface area contributed by atoms with Gasteiger partial charge in [-0.15, -0.1) is 0 Å². The van der Waals surface area contributed by atoms with E-state index >= 15 is 8.63 Å². The van der Waals surface area contributed by atoms with Gasteiger partial charge < -0.3 is 17.6 Å². The minimum absolute atomic E-state index is 0.0378. The Hall–Kier alpha value is -0.965. The average Bonchev–Trinajstić information content (AvgIpc) is 3.03. The zero-order valence-corrected chi connectivity index (χ0v) is 22.6. The lowest BCUT2D eigenvalue weighted by Gasteiger charge is -2.34. The predicted molar refractivity (Wildman–Crippen MR) is 139 cm³/mol. The number of nitrogens with zero attached hydrogens (tertiary/aromatic N) is 2. The molecule has 0 radical (unpaired) electrons. The minimum atomic E-state index is -3.97. The summed E-state index contributed by atoms with van der Waals surface area (Å²) in [5, 5.41) is 0. The topological polar surface area (TPSA) is 7.94 Å². The first-order chi connectivity index (χ1) is 13.8. The summed E-state index contributed by atoms with van der Waals surface area (Å²) in [6.45, 7) is 10.1. The van der Waals surface area contributed by atoms with Crippen LogP contribution in [-0.4, -0.2) is 21.6 Å². The van der Waals surface area contributed by atoms with E-state index < -0.39 is 6.97 Å². The summed E-state index contributed by atoms with van der Waals surface area (Å²) in [6, 6.07) is 8.43. The number of benzene rings is 1. The van der Waals surface area contributed by atoms with Crippen LogP contribution >= 0.6 is 45.2 Å². The van der Waals surface area contributed by atoms with E-state index in [1.807, 2.05) is 13.8 Å². The van der Waals surface area contributed by atoms with Crippen LogP contribution in [0.2, 0.25) is 0 Å². The fourth-order valence-electron chi connectivity index (χ4n) is 4.69. The van der Waals surface area contributed by atoms with Gasteiger partial charge in [-0.3, -0.25) is 0 Å². The minimum Gasteiger partial charge on any atom is -0.392 e. The van der Waals surface area contributed by atoms with Crippen molar-refractivity contribution in [2.45, 2.75) is 53.9 Å². The number of hydrogen-bond donors (Lipinski definition) is 0. The van der Waals surface area contributed by atoms with E-state index in [-0.39, 0.29) is 5.41 Å². The van der Waals surface area contributed by atoms with Crippen molar-refractivity contribution in [2.75, 3.05) is 0 Å². The lowest BCUT2D eigenvalue weighted by Crippen LogP contribution is -2.51. The van der Waals surface area contributed by atoms with Crippen molar-refractivity contribution >= 4 is 63.4 Å². The van der Waals surface area contributed by atoms with Crippen LogP contribution in [0, 0.1) is 17.4 Å².